The minimum absolute atomic E-state index is 0.142. The van der Waals surface area contributed by atoms with Crippen LogP contribution in [0.2, 0.25) is 0 Å². The Morgan fingerprint density at radius 1 is 1.24 bits per heavy atom. The lowest BCUT2D eigenvalue weighted by Crippen LogP contribution is -2.01. The van der Waals surface area contributed by atoms with Crippen molar-refractivity contribution in [1.82, 2.24) is 0 Å². The van der Waals surface area contributed by atoms with Gasteiger partial charge in [-0.15, -0.1) is 0 Å². The monoisotopic (exact) mass is 236 g/mol. The normalized spacial score (nSPS) is 10.5. The zero-order valence-corrected chi connectivity index (χ0v) is 10.5. The van der Waals surface area contributed by atoms with E-state index in [-0.39, 0.29) is 6.42 Å². The van der Waals surface area contributed by atoms with E-state index >= 15 is 0 Å². The van der Waals surface area contributed by atoms with Crippen molar-refractivity contribution in [2.75, 3.05) is 0 Å². The zero-order chi connectivity index (χ0) is 12.8. The predicted molar refractivity (Wildman–Crippen MR) is 67.4 cm³/mol. The van der Waals surface area contributed by atoms with Crippen LogP contribution in [-0.4, -0.2) is 16.2 Å². The van der Waals surface area contributed by atoms with Gasteiger partial charge in [0.2, 0.25) is 0 Å². The molecule has 2 N–H and O–H groups in total. The van der Waals surface area contributed by atoms with E-state index in [0.717, 1.165) is 36.0 Å². The van der Waals surface area contributed by atoms with Crippen molar-refractivity contribution in [3.8, 4) is 5.75 Å². The number of rotatable bonds is 6. The number of hydrogen-bond acceptors (Lipinski definition) is 2. The highest BCUT2D eigenvalue weighted by molar-refractivity contribution is 5.67. The molecule has 0 amide bonds. The van der Waals surface area contributed by atoms with Gasteiger partial charge in [-0.05, 0) is 48.9 Å². The summed E-state index contributed by atoms with van der Waals surface area (Å²) >= 11 is 0. The van der Waals surface area contributed by atoms with E-state index in [1.807, 2.05) is 13.0 Å². The molecule has 0 bridgehead atoms. The Morgan fingerprint density at radius 3 is 2.47 bits per heavy atom. The number of aromatic hydroxyl groups is 1. The van der Waals surface area contributed by atoms with Crippen molar-refractivity contribution < 1.29 is 15.0 Å². The van der Waals surface area contributed by atoms with Crippen molar-refractivity contribution in [1.29, 1.82) is 0 Å². The summed E-state index contributed by atoms with van der Waals surface area (Å²) in [5.41, 5.74) is 2.94. The number of phenols is 1. The van der Waals surface area contributed by atoms with Crippen LogP contribution in [0.1, 0.15) is 42.9 Å². The Morgan fingerprint density at radius 2 is 1.88 bits per heavy atom. The molecule has 0 saturated carbocycles. The van der Waals surface area contributed by atoms with Gasteiger partial charge in [-0.3, -0.25) is 4.79 Å². The summed E-state index contributed by atoms with van der Waals surface area (Å²) in [6.45, 7) is 3.95. The molecule has 0 unspecified atom stereocenters. The van der Waals surface area contributed by atoms with Crippen LogP contribution in [0.25, 0.3) is 0 Å². The Hall–Kier alpha value is -1.51. The standard InChI is InChI=1S/C14H20O3/c1-3-4-5-11-9-13(15)10(2)8-12(11)6-7-14(16)17/h8-9,15H,3-7H2,1-2H3,(H,16,17). The van der Waals surface area contributed by atoms with Gasteiger partial charge in [0.25, 0.3) is 0 Å². The second-order valence-electron chi connectivity index (χ2n) is 4.40. The summed E-state index contributed by atoms with van der Waals surface area (Å²) in [6, 6.07) is 3.69. The highest BCUT2D eigenvalue weighted by Crippen LogP contribution is 2.24. The van der Waals surface area contributed by atoms with Crippen LogP contribution < -0.4 is 0 Å². The molecule has 94 valence electrons. The maximum Gasteiger partial charge on any atom is 0.303 e. The van der Waals surface area contributed by atoms with Crippen LogP contribution >= 0.6 is 0 Å². The topological polar surface area (TPSA) is 57.5 Å². The first-order valence-electron chi connectivity index (χ1n) is 6.07. The lowest BCUT2D eigenvalue weighted by Gasteiger charge is -2.11. The number of carboxylic acids is 1. The lowest BCUT2D eigenvalue weighted by molar-refractivity contribution is -0.136. The average molecular weight is 236 g/mol. The first-order valence-corrected chi connectivity index (χ1v) is 6.07. The third-order valence-corrected chi connectivity index (χ3v) is 2.93. The zero-order valence-electron chi connectivity index (χ0n) is 10.5. The highest BCUT2D eigenvalue weighted by atomic mass is 16.4. The molecule has 3 nitrogen and oxygen atoms in total. The Balaban J connectivity index is 2.90. The molecule has 0 aliphatic carbocycles. The summed E-state index contributed by atoms with van der Waals surface area (Å²) in [5, 5.41) is 18.4. The maximum atomic E-state index is 10.6. The summed E-state index contributed by atoms with van der Waals surface area (Å²) < 4.78 is 0. The lowest BCUT2D eigenvalue weighted by atomic mass is 9.96. The van der Waals surface area contributed by atoms with Gasteiger partial charge in [0.15, 0.2) is 0 Å². The molecule has 1 aromatic carbocycles. The Labute approximate surface area is 102 Å². The van der Waals surface area contributed by atoms with Crippen molar-refractivity contribution in [3.05, 3.63) is 28.8 Å². The molecule has 0 heterocycles. The molecular weight excluding hydrogens is 216 g/mol. The fourth-order valence-electron chi connectivity index (χ4n) is 1.87. The van der Waals surface area contributed by atoms with Gasteiger partial charge >= 0.3 is 5.97 Å². The van der Waals surface area contributed by atoms with Crippen LogP contribution in [0.5, 0.6) is 5.75 Å². The van der Waals surface area contributed by atoms with E-state index in [4.69, 9.17) is 5.11 Å². The first kappa shape index (κ1) is 13.6. The van der Waals surface area contributed by atoms with Crippen LogP contribution in [0.3, 0.4) is 0 Å². The molecule has 0 saturated heterocycles. The number of aliphatic carboxylic acids is 1. The molecule has 0 aromatic heterocycles. The van der Waals surface area contributed by atoms with E-state index in [1.54, 1.807) is 6.07 Å². The highest BCUT2D eigenvalue weighted by Gasteiger charge is 2.08. The van der Waals surface area contributed by atoms with Gasteiger partial charge in [0, 0.05) is 6.42 Å². The van der Waals surface area contributed by atoms with Gasteiger partial charge in [0.05, 0.1) is 0 Å². The quantitative estimate of drug-likeness (QED) is 0.798. The maximum absolute atomic E-state index is 10.6. The largest absolute Gasteiger partial charge is 0.508 e. The van der Waals surface area contributed by atoms with Gasteiger partial charge in [0.1, 0.15) is 5.75 Å². The van der Waals surface area contributed by atoms with E-state index in [0.29, 0.717) is 12.2 Å². The van der Waals surface area contributed by atoms with E-state index in [2.05, 4.69) is 6.92 Å². The van der Waals surface area contributed by atoms with Crippen LogP contribution in [0.15, 0.2) is 12.1 Å². The third kappa shape index (κ3) is 4.10. The van der Waals surface area contributed by atoms with Crippen molar-refractivity contribution in [3.63, 3.8) is 0 Å². The van der Waals surface area contributed by atoms with Crippen LogP contribution in [0, 0.1) is 6.92 Å². The van der Waals surface area contributed by atoms with Gasteiger partial charge < -0.3 is 10.2 Å². The summed E-state index contributed by atoms with van der Waals surface area (Å²) in [4.78, 5) is 10.6. The van der Waals surface area contributed by atoms with Gasteiger partial charge in [-0.25, -0.2) is 0 Å². The van der Waals surface area contributed by atoms with Crippen molar-refractivity contribution in [2.45, 2.75) is 46.0 Å². The third-order valence-electron chi connectivity index (χ3n) is 2.93. The molecule has 3 heteroatoms. The molecule has 1 aromatic rings. The fraction of sp³-hybridized carbons (Fsp3) is 0.500. The fourth-order valence-corrected chi connectivity index (χ4v) is 1.87. The smallest absolute Gasteiger partial charge is 0.303 e. The molecular formula is C14H20O3. The number of phenolic OH excluding ortho intramolecular Hbond substituents is 1. The Kier molecular flexibility index (Phi) is 5.01. The van der Waals surface area contributed by atoms with Crippen molar-refractivity contribution in [2.24, 2.45) is 0 Å². The SMILES string of the molecule is CCCCc1cc(O)c(C)cc1CCC(=O)O. The summed E-state index contributed by atoms with van der Waals surface area (Å²) in [7, 11) is 0. The molecule has 1 rings (SSSR count). The molecule has 0 aliphatic rings. The minimum Gasteiger partial charge on any atom is -0.508 e. The molecule has 0 fully saturated rings. The van der Waals surface area contributed by atoms with E-state index in [1.165, 1.54) is 0 Å². The van der Waals surface area contributed by atoms with E-state index < -0.39 is 5.97 Å². The summed E-state index contributed by atoms with van der Waals surface area (Å²) in [6.07, 6.45) is 3.73. The molecule has 0 aliphatic heterocycles. The first-order chi connectivity index (χ1) is 8.04. The Bertz CT molecular complexity index is 397. The van der Waals surface area contributed by atoms with Gasteiger partial charge in [-0.2, -0.15) is 0 Å². The number of aryl methyl sites for hydroxylation is 3. The second-order valence-corrected chi connectivity index (χ2v) is 4.40. The number of unbranched alkanes of at least 4 members (excludes halogenated alkanes) is 1. The average Bonchev–Trinajstić information content (AvgIpc) is 2.28. The van der Waals surface area contributed by atoms with Crippen LogP contribution in [-0.2, 0) is 17.6 Å². The molecule has 0 atom stereocenters. The number of carboxylic acid groups (broad SMARTS) is 1. The number of benzene rings is 1. The number of carbonyl (C=O) groups is 1. The molecule has 17 heavy (non-hydrogen) atoms. The minimum atomic E-state index is -0.780. The van der Waals surface area contributed by atoms with Crippen molar-refractivity contribution >= 4 is 5.97 Å². The number of hydrogen-bond donors (Lipinski definition) is 2. The van der Waals surface area contributed by atoms with Crippen LogP contribution in [0.4, 0.5) is 0 Å². The second kappa shape index (κ2) is 6.28. The van der Waals surface area contributed by atoms with Gasteiger partial charge in [-0.1, -0.05) is 19.4 Å². The van der Waals surface area contributed by atoms with E-state index in [9.17, 15) is 9.90 Å². The predicted octanol–water partition coefficient (Wildman–Crippen LogP) is 3.06. The molecule has 0 spiro atoms. The molecule has 0 radical (unpaired) electrons. The summed E-state index contributed by atoms with van der Waals surface area (Å²) in [5.74, 6) is -0.479.